The second-order valence-electron chi connectivity index (χ2n) is 7.10. The summed E-state index contributed by atoms with van der Waals surface area (Å²) < 4.78 is 7.70. The molecule has 3 aromatic heterocycles. The zero-order valence-corrected chi connectivity index (χ0v) is 18.9. The fraction of sp³-hybridized carbons (Fsp3) is 0.227. The lowest BCUT2D eigenvalue weighted by molar-refractivity contribution is 0.103. The molecule has 0 radical (unpaired) electrons. The first-order chi connectivity index (χ1) is 14.4. The van der Waals surface area contributed by atoms with Crippen molar-refractivity contribution in [3.05, 3.63) is 68.5 Å². The molecule has 0 saturated carbocycles. The molecule has 3 heterocycles. The summed E-state index contributed by atoms with van der Waals surface area (Å²) in [6, 6.07) is 7.88. The SMILES string of the molecule is Cc1cccc(OCc2csc(C(=O)Nc3nc(-c4cn(C)nc4C)cs3)c2)c1C. The lowest BCUT2D eigenvalue weighted by atomic mass is 10.1. The van der Waals surface area contributed by atoms with E-state index in [1.165, 1.54) is 28.2 Å². The highest BCUT2D eigenvalue weighted by molar-refractivity contribution is 7.14. The van der Waals surface area contributed by atoms with Crippen molar-refractivity contribution in [2.75, 3.05) is 5.32 Å². The van der Waals surface area contributed by atoms with Crippen molar-refractivity contribution in [2.24, 2.45) is 7.05 Å². The smallest absolute Gasteiger partial charge is 0.267 e. The van der Waals surface area contributed by atoms with Gasteiger partial charge < -0.3 is 4.74 Å². The Bertz CT molecular complexity index is 1210. The summed E-state index contributed by atoms with van der Waals surface area (Å²) in [6.07, 6.45) is 1.93. The number of amides is 1. The standard InChI is InChI=1S/C22H22N4O2S2/c1-13-6-5-7-19(14(13)2)28-10-16-8-20(29-11-16)21(27)24-22-23-18(12-30-22)17-9-26(4)25-15(17)3/h5-9,11-12H,10H2,1-4H3,(H,23,24,27). The first-order valence-electron chi connectivity index (χ1n) is 9.44. The van der Waals surface area contributed by atoms with Gasteiger partial charge in [-0.3, -0.25) is 14.8 Å². The molecule has 1 aromatic carbocycles. The number of anilines is 1. The van der Waals surface area contributed by atoms with E-state index in [0.29, 0.717) is 16.6 Å². The molecule has 0 spiro atoms. The van der Waals surface area contributed by atoms with Crippen molar-refractivity contribution in [2.45, 2.75) is 27.4 Å². The number of hydrogen-bond acceptors (Lipinski definition) is 6. The van der Waals surface area contributed by atoms with Crippen molar-refractivity contribution in [3.63, 3.8) is 0 Å². The Morgan fingerprint density at radius 2 is 2.03 bits per heavy atom. The van der Waals surface area contributed by atoms with Gasteiger partial charge in [-0.25, -0.2) is 4.98 Å². The van der Waals surface area contributed by atoms with Gasteiger partial charge in [-0.1, -0.05) is 12.1 Å². The van der Waals surface area contributed by atoms with Gasteiger partial charge in [0.2, 0.25) is 0 Å². The molecule has 0 unspecified atom stereocenters. The second-order valence-corrected chi connectivity index (χ2v) is 8.87. The van der Waals surface area contributed by atoms with Crippen LogP contribution in [-0.2, 0) is 13.7 Å². The minimum absolute atomic E-state index is 0.165. The van der Waals surface area contributed by atoms with Gasteiger partial charge in [0.1, 0.15) is 12.4 Å². The number of thiophene rings is 1. The molecular weight excluding hydrogens is 416 g/mol. The van der Waals surface area contributed by atoms with Crippen LogP contribution >= 0.6 is 22.7 Å². The first-order valence-corrected chi connectivity index (χ1v) is 11.2. The van der Waals surface area contributed by atoms with Crippen LogP contribution in [0.2, 0.25) is 0 Å². The maximum Gasteiger partial charge on any atom is 0.267 e. The van der Waals surface area contributed by atoms with Crippen molar-refractivity contribution in [3.8, 4) is 17.0 Å². The normalized spacial score (nSPS) is 10.9. The van der Waals surface area contributed by atoms with Gasteiger partial charge in [0.05, 0.1) is 16.3 Å². The molecule has 0 aliphatic carbocycles. The number of hydrogen-bond donors (Lipinski definition) is 1. The molecule has 30 heavy (non-hydrogen) atoms. The summed E-state index contributed by atoms with van der Waals surface area (Å²) in [5.74, 6) is 0.704. The van der Waals surface area contributed by atoms with Crippen LogP contribution < -0.4 is 10.1 Å². The number of thiazole rings is 1. The van der Waals surface area contributed by atoms with Crippen molar-refractivity contribution >= 4 is 33.7 Å². The summed E-state index contributed by atoms with van der Waals surface area (Å²) in [7, 11) is 1.88. The number of aromatic nitrogens is 3. The van der Waals surface area contributed by atoms with E-state index in [0.717, 1.165) is 33.8 Å². The molecule has 1 N–H and O–H groups in total. The summed E-state index contributed by atoms with van der Waals surface area (Å²) in [5, 5.41) is 11.7. The highest BCUT2D eigenvalue weighted by Crippen LogP contribution is 2.28. The highest BCUT2D eigenvalue weighted by atomic mass is 32.1. The third-order valence-electron chi connectivity index (χ3n) is 4.84. The lowest BCUT2D eigenvalue weighted by Gasteiger charge is -2.09. The van der Waals surface area contributed by atoms with Crippen LogP contribution in [0.4, 0.5) is 5.13 Å². The molecule has 0 aliphatic heterocycles. The number of nitrogens with one attached hydrogen (secondary N) is 1. The molecule has 8 heteroatoms. The van der Waals surface area contributed by atoms with E-state index in [1.807, 2.05) is 56.1 Å². The van der Waals surface area contributed by atoms with Crippen LogP contribution in [0.25, 0.3) is 11.3 Å². The van der Waals surface area contributed by atoms with Gasteiger partial charge in [-0.15, -0.1) is 22.7 Å². The summed E-state index contributed by atoms with van der Waals surface area (Å²) in [5.41, 5.74) is 5.99. The molecule has 0 bridgehead atoms. The van der Waals surface area contributed by atoms with Gasteiger partial charge in [0.25, 0.3) is 5.91 Å². The fourth-order valence-corrected chi connectivity index (χ4v) is 4.57. The molecule has 4 aromatic rings. The summed E-state index contributed by atoms with van der Waals surface area (Å²) in [6.45, 7) is 6.48. The maximum absolute atomic E-state index is 12.6. The van der Waals surface area contributed by atoms with Gasteiger partial charge in [0.15, 0.2) is 5.13 Å². The van der Waals surface area contributed by atoms with E-state index in [-0.39, 0.29) is 5.91 Å². The Morgan fingerprint density at radius 3 is 2.80 bits per heavy atom. The number of nitrogens with zero attached hydrogens (tertiary/aromatic N) is 3. The molecule has 1 amide bonds. The highest BCUT2D eigenvalue weighted by Gasteiger charge is 2.15. The topological polar surface area (TPSA) is 69.0 Å². The molecule has 0 atom stereocenters. The first kappa shape index (κ1) is 20.3. The predicted molar refractivity (Wildman–Crippen MR) is 122 cm³/mol. The van der Waals surface area contributed by atoms with E-state index in [1.54, 1.807) is 4.68 Å². The maximum atomic E-state index is 12.6. The summed E-state index contributed by atoms with van der Waals surface area (Å²) in [4.78, 5) is 17.8. The number of ether oxygens (including phenoxy) is 1. The number of carbonyl (C=O) groups excluding carboxylic acids is 1. The Kier molecular flexibility index (Phi) is 5.69. The van der Waals surface area contributed by atoms with Crippen LogP contribution in [0, 0.1) is 20.8 Å². The van der Waals surface area contributed by atoms with Crippen LogP contribution in [0.3, 0.4) is 0 Å². The van der Waals surface area contributed by atoms with Crippen molar-refractivity contribution < 1.29 is 9.53 Å². The van der Waals surface area contributed by atoms with Crippen molar-refractivity contribution in [1.82, 2.24) is 14.8 Å². The summed E-state index contributed by atoms with van der Waals surface area (Å²) >= 11 is 2.80. The minimum atomic E-state index is -0.165. The number of benzene rings is 1. The Morgan fingerprint density at radius 1 is 1.20 bits per heavy atom. The van der Waals surface area contributed by atoms with Crippen LogP contribution in [-0.4, -0.2) is 20.7 Å². The number of aryl methyl sites for hydroxylation is 3. The minimum Gasteiger partial charge on any atom is -0.489 e. The van der Waals surface area contributed by atoms with E-state index >= 15 is 0 Å². The van der Waals surface area contributed by atoms with Crippen LogP contribution in [0.5, 0.6) is 5.75 Å². The molecule has 6 nitrogen and oxygen atoms in total. The zero-order chi connectivity index (χ0) is 21.3. The molecule has 0 aliphatic rings. The monoisotopic (exact) mass is 438 g/mol. The van der Waals surface area contributed by atoms with Crippen LogP contribution in [0.1, 0.15) is 32.1 Å². The fourth-order valence-electron chi connectivity index (χ4n) is 3.08. The van der Waals surface area contributed by atoms with E-state index in [4.69, 9.17) is 4.74 Å². The Balaban J connectivity index is 1.40. The quantitative estimate of drug-likeness (QED) is 0.440. The van der Waals surface area contributed by atoms with Crippen LogP contribution in [0.15, 0.2) is 41.2 Å². The predicted octanol–water partition coefficient (Wildman–Crippen LogP) is 5.36. The Hall–Kier alpha value is -2.97. The number of carbonyl (C=O) groups is 1. The average molecular weight is 439 g/mol. The van der Waals surface area contributed by atoms with Gasteiger partial charge >= 0.3 is 0 Å². The van der Waals surface area contributed by atoms with E-state index in [2.05, 4.69) is 28.4 Å². The van der Waals surface area contributed by atoms with Gasteiger partial charge in [-0.05, 0) is 49.4 Å². The van der Waals surface area contributed by atoms with E-state index in [9.17, 15) is 4.79 Å². The zero-order valence-electron chi connectivity index (χ0n) is 17.2. The molecule has 4 rings (SSSR count). The Labute approximate surface area is 183 Å². The van der Waals surface area contributed by atoms with E-state index < -0.39 is 0 Å². The molecule has 154 valence electrons. The third-order valence-corrected chi connectivity index (χ3v) is 6.58. The van der Waals surface area contributed by atoms with Gasteiger partial charge in [-0.2, -0.15) is 5.10 Å². The van der Waals surface area contributed by atoms with Crippen molar-refractivity contribution in [1.29, 1.82) is 0 Å². The lowest BCUT2D eigenvalue weighted by Crippen LogP contribution is -2.09. The second kappa shape index (κ2) is 8.41. The molecular formula is C22H22N4O2S2. The molecule has 0 fully saturated rings. The third kappa shape index (κ3) is 4.29. The average Bonchev–Trinajstić information content (AvgIpc) is 3.43. The number of rotatable bonds is 6. The van der Waals surface area contributed by atoms with Gasteiger partial charge in [0, 0.05) is 29.8 Å². The molecule has 0 saturated heterocycles. The largest absolute Gasteiger partial charge is 0.489 e.